The highest BCUT2D eigenvalue weighted by molar-refractivity contribution is 7.89. The summed E-state index contributed by atoms with van der Waals surface area (Å²) >= 11 is 5.91. The molecule has 1 fully saturated rings. The van der Waals surface area contributed by atoms with Crippen LogP contribution in [0.25, 0.3) is 11.0 Å². The molecule has 0 unspecified atom stereocenters. The first kappa shape index (κ1) is 25.0. The van der Waals surface area contributed by atoms with Gasteiger partial charge in [0.1, 0.15) is 11.3 Å². The highest BCUT2D eigenvalue weighted by Crippen LogP contribution is 2.32. The molecule has 1 aliphatic rings. The van der Waals surface area contributed by atoms with Crippen molar-refractivity contribution in [3.05, 3.63) is 89.1 Å². The van der Waals surface area contributed by atoms with Crippen LogP contribution >= 0.6 is 11.6 Å². The number of ether oxygens (including phenoxy) is 1. The lowest BCUT2D eigenvalue weighted by Gasteiger charge is -2.26. The standard InChI is InChI=1S/C26H22ClN3O6S/c27-18-7-9-19(10-8-18)28-26(32)24-23(21-3-1-2-4-22(21)36-24)29-25(31)17-5-11-20(12-6-17)37(33,34)30-13-15-35-16-14-30/h1-12H,13-16H2,(H,28,32)(H,29,31). The number of fused-ring (bicyclic) bond motifs is 1. The third kappa shape index (κ3) is 5.23. The van der Waals surface area contributed by atoms with E-state index in [2.05, 4.69) is 10.6 Å². The topological polar surface area (TPSA) is 118 Å². The summed E-state index contributed by atoms with van der Waals surface area (Å²) in [5.41, 5.74) is 1.35. The smallest absolute Gasteiger partial charge is 0.293 e. The highest BCUT2D eigenvalue weighted by Gasteiger charge is 2.27. The lowest BCUT2D eigenvalue weighted by atomic mass is 10.1. The number of nitrogens with one attached hydrogen (secondary N) is 2. The van der Waals surface area contributed by atoms with Crippen molar-refractivity contribution in [2.24, 2.45) is 0 Å². The maximum absolute atomic E-state index is 13.1. The fourth-order valence-corrected chi connectivity index (χ4v) is 5.48. The average molecular weight is 540 g/mol. The van der Waals surface area contributed by atoms with Gasteiger partial charge in [-0.1, -0.05) is 23.7 Å². The van der Waals surface area contributed by atoms with Crippen LogP contribution in [0.5, 0.6) is 0 Å². The summed E-state index contributed by atoms with van der Waals surface area (Å²) in [6.45, 7) is 1.23. The molecule has 2 heterocycles. The summed E-state index contributed by atoms with van der Waals surface area (Å²) in [5, 5.41) is 6.56. The summed E-state index contributed by atoms with van der Waals surface area (Å²) in [4.78, 5) is 26.2. The van der Waals surface area contributed by atoms with Gasteiger partial charge in [0.15, 0.2) is 0 Å². The van der Waals surface area contributed by atoms with Gasteiger partial charge >= 0.3 is 0 Å². The van der Waals surface area contributed by atoms with E-state index in [1.54, 1.807) is 48.5 Å². The van der Waals surface area contributed by atoms with E-state index >= 15 is 0 Å². The van der Waals surface area contributed by atoms with E-state index in [0.29, 0.717) is 34.9 Å². The molecular weight excluding hydrogens is 518 g/mol. The van der Waals surface area contributed by atoms with Gasteiger partial charge in [0.2, 0.25) is 15.8 Å². The first-order chi connectivity index (χ1) is 17.8. The summed E-state index contributed by atoms with van der Waals surface area (Å²) in [6, 6.07) is 19.1. The number of carbonyl (C=O) groups is 2. The lowest BCUT2D eigenvalue weighted by molar-refractivity contribution is 0.0730. The zero-order chi connectivity index (χ0) is 26.0. The van der Waals surface area contributed by atoms with E-state index in [9.17, 15) is 18.0 Å². The van der Waals surface area contributed by atoms with Crippen molar-refractivity contribution < 1.29 is 27.2 Å². The normalized spacial score (nSPS) is 14.4. The van der Waals surface area contributed by atoms with Crippen molar-refractivity contribution in [3.8, 4) is 0 Å². The second kappa shape index (κ2) is 10.3. The fourth-order valence-electron chi connectivity index (χ4n) is 3.95. The minimum Gasteiger partial charge on any atom is -0.449 e. The first-order valence-corrected chi connectivity index (χ1v) is 13.2. The minimum atomic E-state index is -3.69. The van der Waals surface area contributed by atoms with Gasteiger partial charge in [0, 0.05) is 34.7 Å². The number of halogens is 1. The van der Waals surface area contributed by atoms with Crippen LogP contribution in [0.4, 0.5) is 11.4 Å². The predicted octanol–water partition coefficient (Wildman–Crippen LogP) is 4.61. The Bertz CT molecular complexity index is 1560. The molecule has 0 radical (unpaired) electrons. The molecule has 5 rings (SSSR count). The summed E-state index contributed by atoms with van der Waals surface area (Å²) in [6.07, 6.45) is 0. The Labute approximate surface area is 218 Å². The van der Waals surface area contributed by atoms with E-state index in [1.807, 2.05) is 0 Å². The van der Waals surface area contributed by atoms with Crippen molar-refractivity contribution in [2.75, 3.05) is 36.9 Å². The second-order valence-electron chi connectivity index (χ2n) is 8.26. The molecule has 1 aromatic heterocycles. The van der Waals surface area contributed by atoms with Gasteiger partial charge in [0.25, 0.3) is 11.8 Å². The zero-order valence-corrected chi connectivity index (χ0v) is 21.0. The van der Waals surface area contributed by atoms with Gasteiger partial charge in [-0.05, 0) is 60.7 Å². The number of furan rings is 1. The Balaban J connectivity index is 1.39. The number of sulfonamides is 1. The zero-order valence-electron chi connectivity index (χ0n) is 19.4. The van der Waals surface area contributed by atoms with Gasteiger partial charge in [-0.15, -0.1) is 0 Å². The highest BCUT2D eigenvalue weighted by atomic mass is 35.5. The Hall–Kier alpha value is -3.70. The number of benzene rings is 3. The molecule has 0 atom stereocenters. The van der Waals surface area contributed by atoms with Gasteiger partial charge in [0.05, 0.1) is 18.1 Å². The quantitative estimate of drug-likeness (QED) is 0.369. The lowest BCUT2D eigenvalue weighted by Crippen LogP contribution is -2.40. The number of anilines is 2. The molecule has 4 aromatic rings. The maximum Gasteiger partial charge on any atom is 0.293 e. The van der Waals surface area contributed by atoms with Crippen LogP contribution in [0.1, 0.15) is 20.9 Å². The van der Waals surface area contributed by atoms with Gasteiger partial charge in [-0.3, -0.25) is 9.59 Å². The van der Waals surface area contributed by atoms with E-state index in [4.69, 9.17) is 20.8 Å². The molecule has 3 aromatic carbocycles. The molecule has 1 saturated heterocycles. The van der Waals surface area contributed by atoms with Crippen molar-refractivity contribution >= 4 is 55.8 Å². The Morgan fingerprint density at radius 1 is 0.838 bits per heavy atom. The second-order valence-corrected chi connectivity index (χ2v) is 10.6. The molecule has 1 aliphatic heterocycles. The first-order valence-electron chi connectivity index (χ1n) is 11.4. The summed E-state index contributed by atoms with van der Waals surface area (Å²) in [7, 11) is -3.69. The number of nitrogens with zero attached hydrogens (tertiary/aromatic N) is 1. The van der Waals surface area contributed by atoms with E-state index < -0.39 is 21.8 Å². The van der Waals surface area contributed by atoms with Crippen LogP contribution in [0.15, 0.2) is 82.1 Å². The molecule has 0 aliphatic carbocycles. The van der Waals surface area contributed by atoms with Gasteiger partial charge < -0.3 is 19.8 Å². The van der Waals surface area contributed by atoms with E-state index in [0.717, 1.165) is 0 Å². The van der Waals surface area contributed by atoms with Crippen LogP contribution in [0, 0.1) is 0 Å². The third-order valence-electron chi connectivity index (χ3n) is 5.87. The molecule has 2 N–H and O–H groups in total. The molecule has 37 heavy (non-hydrogen) atoms. The van der Waals surface area contributed by atoms with Gasteiger partial charge in [-0.25, -0.2) is 8.42 Å². The van der Waals surface area contributed by atoms with Crippen LogP contribution in [-0.4, -0.2) is 50.8 Å². The predicted molar refractivity (Wildman–Crippen MR) is 140 cm³/mol. The third-order valence-corrected chi connectivity index (χ3v) is 8.03. The molecule has 11 heteroatoms. The van der Waals surface area contributed by atoms with Crippen LogP contribution < -0.4 is 10.6 Å². The number of carbonyl (C=O) groups excluding carboxylic acids is 2. The molecule has 9 nitrogen and oxygen atoms in total. The maximum atomic E-state index is 13.1. The number of rotatable bonds is 6. The molecule has 0 spiro atoms. The Morgan fingerprint density at radius 3 is 2.22 bits per heavy atom. The van der Waals surface area contributed by atoms with E-state index in [-0.39, 0.29) is 35.0 Å². The average Bonchev–Trinajstić information content (AvgIpc) is 3.29. The summed E-state index contributed by atoms with van der Waals surface area (Å²) < 4.78 is 38.1. The minimum absolute atomic E-state index is 0.0731. The number of amides is 2. The van der Waals surface area contributed by atoms with Crippen molar-refractivity contribution in [1.29, 1.82) is 0 Å². The molecule has 0 bridgehead atoms. The SMILES string of the molecule is O=C(Nc1c(C(=O)Nc2ccc(Cl)cc2)oc2ccccc12)c1ccc(S(=O)(=O)N2CCOCC2)cc1. The van der Waals surface area contributed by atoms with E-state index in [1.165, 1.54) is 28.6 Å². The Morgan fingerprint density at radius 2 is 1.51 bits per heavy atom. The molecule has 190 valence electrons. The van der Waals surface area contributed by atoms with Crippen molar-refractivity contribution in [3.63, 3.8) is 0 Å². The van der Waals surface area contributed by atoms with Crippen molar-refractivity contribution in [1.82, 2.24) is 4.31 Å². The largest absolute Gasteiger partial charge is 0.449 e. The monoisotopic (exact) mass is 539 g/mol. The molecule has 2 amide bonds. The van der Waals surface area contributed by atoms with Crippen LogP contribution in [0.3, 0.4) is 0 Å². The molecule has 0 saturated carbocycles. The number of para-hydroxylation sites is 1. The molecular formula is C26H22ClN3O6S. The fraction of sp³-hybridized carbons (Fsp3) is 0.154. The van der Waals surface area contributed by atoms with Crippen LogP contribution in [-0.2, 0) is 14.8 Å². The summed E-state index contributed by atoms with van der Waals surface area (Å²) in [5.74, 6) is -1.15. The number of hydrogen-bond acceptors (Lipinski definition) is 6. The van der Waals surface area contributed by atoms with Crippen molar-refractivity contribution in [2.45, 2.75) is 4.90 Å². The Kier molecular flexibility index (Phi) is 6.98. The number of hydrogen-bond donors (Lipinski definition) is 2. The van der Waals surface area contributed by atoms with Crippen LogP contribution in [0.2, 0.25) is 5.02 Å². The number of morpholine rings is 1. The van der Waals surface area contributed by atoms with Gasteiger partial charge in [-0.2, -0.15) is 4.31 Å².